The highest BCUT2D eigenvalue weighted by Gasteiger charge is 2.13. The quantitative estimate of drug-likeness (QED) is 0.625. The van der Waals surface area contributed by atoms with Gasteiger partial charge in [0.25, 0.3) is 11.1 Å². The third-order valence-electron chi connectivity index (χ3n) is 2.05. The highest BCUT2D eigenvalue weighted by molar-refractivity contribution is 7.99. The van der Waals surface area contributed by atoms with Gasteiger partial charge in [-0.25, -0.2) is 4.39 Å². The molecule has 1 aromatic heterocycles. The standard InChI is InChI=1S/C11H9FN2O3S/c1-16-9(15)6-18-11-14-13-10(17-11)7-4-2-3-5-8(7)12/h2-5H,6H2,1H3. The van der Waals surface area contributed by atoms with Gasteiger partial charge in [-0.2, -0.15) is 0 Å². The monoisotopic (exact) mass is 268 g/mol. The van der Waals surface area contributed by atoms with E-state index in [9.17, 15) is 9.18 Å². The summed E-state index contributed by atoms with van der Waals surface area (Å²) in [5.74, 6) is -0.688. The van der Waals surface area contributed by atoms with E-state index in [-0.39, 0.29) is 22.4 Å². The zero-order valence-electron chi connectivity index (χ0n) is 9.42. The van der Waals surface area contributed by atoms with Crippen LogP contribution in [0.15, 0.2) is 33.9 Å². The number of aromatic nitrogens is 2. The molecule has 2 aromatic rings. The number of ether oxygens (including phenoxy) is 1. The van der Waals surface area contributed by atoms with Gasteiger partial charge in [-0.05, 0) is 12.1 Å². The molecule has 0 atom stereocenters. The Morgan fingerprint density at radius 1 is 1.44 bits per heavy atom. The molecule has 94 valence electrons. The lowest BCUT2D eigenvalue weighted by atomic mass is 10.2. The molecule has 1 aromatic carbocycles. The Morgan fingerprint density at radius 2 is 2.22 bits per heavy atom. The van der Waals surface area contributed by atoms with E-state index in [2.05, 4.69) is 14.9 Å². The summed E-state index contributed by atoms with van der Waals surface area (Å²) in [6, 6.07) is 6.09. The average Bonchev–Trinajstić information content (AvgIpc) is 2.85. The minimum atomic E-state index is -0.439. The van der Waals surface area contributed by atoms with Crippen LogP contribution in [-0.4, -0.2) is 29.0 Å². The molecule has 0 bridgehead atoms. The van der Waals surface area contributed by atoms with Crippen LogP contribution >= 0.6 is 11.8 Å². The molecule has 0 N–H and O–H groups in total. The Hall–Kier alpha value is -1.89. The molecule has 1 heterocycles. The van der Waals surface area contributed by atoms with Crippen LogP contribution in [0.1, 0.15) is 0 Å². The molecule has 2 rings (SSSR count). The van der Waals surface area contributed by atoms with Crippen LogP contribution in [-0.2, 0) is 9.53 Å². The van der Waals surface area contributed by atoms with E-state index >= 15 is 0 Å². The van der Waals surface area contributed by atoms with Gasteiger partial charge < -0.3 is 9.15 Å². The van der Waals surface area contributed by atoms with Gasteiger partial charge in [0.1, 0.15) is 11.6 Å². The predicted molar refractivity (Wildman–Crippen MR) is 62.4 cm³/mol. The van der Waals surface area contributed by atoms with E-state index in [0.29, 0.717) is 0 Å². The Kier molecular flexibility index (Phi) is 3.93. The van der Waals surface area contributed by atoms with Crippen LogP contribution in [0.3, 0.4) is 0 Å². The molecule has 0 aliphatic heterocycles. The Labute approximate surface area is 106 Å². The van der Waals surface area contributed by atoms with E-state index in [1.54, 1.807) is 12.1 Å². The van der Waals surface area contributed by atoms with Crippen molar-refractivity contribution in [3.63, 3.8) is 0 Å². The number of nitrogens with zero attached hydrogens (tertiary/aromatic N) is 2. The highest BCUT2D eigenvalue weighted by Crippen LogP contribution is 2.24. The average molecular weight is 268 g/mol. The second kappa shape index (κ2) is 5.63. The lowest BCUT2D eigenvalue weighted by molar-refractivity contribution is -0.137. The SMILES string of the molecule is COC(=O)CSc1nnc(-c2ccccc2F)o1. The maximum absolute atomic E-state index is 13.4. The number of esters is 1. The first-order valence-electron chi connectivity index (χ1n) is 4.98. The highest BCUT2D eigenvalue weighted by atomic mass is 32.2. The zero-order chi connectivity index (χ0) is 13.0. The second-order valence-corrected chi connectivity index (χ2v) is 4.14. The van der Waals surface area contributed by atoms with Crippen LogP contribution in [0.2, 0.25) is 0 Å². The number of hydrogen-bond donors (Lipinski definition) is 0. The fourth-order valence-electron chi connectivity index (χ4n) is 1.19. The third kappa shape index (κ3) is 2.86. The molecule has 0 saturated carbocycles. The summed E-state index contributed by atoms with van der Waals surface area (Å²) < 4.78 is 23.2. The largest absolute Gasteiger partial charge is 0.468 e. The maximum Gasteiger partial charge on any atom is 0.316 e. The first-order valence-corrected chi connectivity index (χ1v) is 5.97. The number of hydrogen-bond acceptors (Lipinski definition) is 6. The molecule has 0 unspecified atom stereocenters. The maximum atomic E-state index is 13.4. The van der Waals surface area contributed by atoms with Crippen LogP contribution < -0.4 is 0 Å². The van der Waals surface area contributed by atoms with Crippen molar-refractivity contribution in [2.24, 2.45) is 0 Å². The summed E-state index contributed by atoms with van der Waals surface area (Å²) in [6.07, 6.45) is 0. The molecule has 0 aliphatic rings. The van der Waals surface area contributed by atoms with Crippen molar-refractivity contribution in [3.8, 4) is 11.5 Å². The topological polar surface area (TPSA) is 65.2 Å². The molecular weight excluding hydrogens is 259 g/mol. The lowest BCUT2D eigenvalue weighted by Crippen LogP contribution is -2.02. The smallest absolute Gasteiger partial charge is 0.316 e. The molecular formula is C11H9FN2O3S. The van der Waals surface area contributed by atoms with Crippen LogP contribution in [0, 0.1) is 5.82 Å². The number of carbonyl (C=O) groups is 1. The second-order valence-electron chi connectivity index (χ2n) is 3.22. The Balaban J connectivity index is 2.11. The molecule has 5 nitrogen and oxygen atoms in total. The molecule has 0 fully saturated rings. The first-order chi connectivity index (χ1) is 8.70. The molecule has 0 radical (unpaired) electrons. The van der Waals surface area contributed by atoms with Gasteiger partial charge in [0.2, 0.25) is 0 Å². The van der Waals surface area contributed by atoms with Crippen molar-refractivity contribution in [1.82, 2.24) is 10.2 Å². The summed E-state index contributed by atoms with van der Waals surface area (Å²) in [6.45, 7) is 0. The summed E-state index contributed by atoms with van der Waals surface area (Å²) in [4.78, 5) is 10.9. The Morgan fingerprint density at radius 3 is 2.94 bits per heavy atom. The minimum Gasteiger partial charge on any atom is -0.468 e. The molecule has 7 heteroatoms. The van der Waals surface area contributed by atoms with Gasteiger partial charge in [-0.15, -0.1) is 10.2 Å². The number of halogens is 1. The number of methoxy groups -OCH3 is 1. The summed E-state index contributed by atoms with van der Waals surface area (Å²) in [7, 11) is 1.29. The first kappa shape index (κ1) is 12.6. The van der Waals surface area contributed by atoms with E-state index in [4.69, 9.17) is 4.42 Å². The summed E-state index contributed by atoms with van der Waals surface area (Å²) >= 11 is 1.04. The van der Waals surface area contributed by atoms with Gasteiger partial charge in [0, 0.05) is 0 Å². The number of thioether (sulfide) groups is 1. The fraction of sp³-hybridized carbons (Fsp3) is 0.182. The van der Waals surface area contributed by atoms with Crippen molar-refractivity contribution in [3.05, 3.63) is 30.1 Å². The normalized spacial score (nSPS) is 10.3. The van der Waals surface area contributed by atoms with Crippen molar-refractivity contribution >= 4 is 17.7 Å². The molecule has 0 aliphatic carbocycles. The number of carbonyl (C=O) groups excluding carboxylic acids is 1. The molecule has 0 saturated heterocycles. The van der Waals surface area contributed by atoms with Crippen LogP contribution in [0.25, 0.3) is 11.5 Å². The van der Waals surface area contributed by atoms with E-state index in [0.717, 1.165) is 11.8 Å². The molecule has 0 spiro atoms. The van der Waals surface area contributed by atoms with Gasteiger partial charge in [0.05, 0.1) is 12.7 Å². The third-order valence-corrected chi connectivity index (χ3v) is 2.84. The summed E-state index contributed by atoms with van der Waals surface area (Å²) in [5, 5.41) is 7.63. The minimum absolute atomic E-state index is 0.0649. The van der Waals surface area contributed by atoms with Crippen LogP contribution in [0.5, 0.6) is 0 Å². The zero-order valence-corrected chi connectivity index (χ0v) is 10.2. The summed E-state index contributed by atoms with van der Waals surface area (Å²) in [5.41, 5.74) is 0.231. The van der Waals surface area contributed by atoms with Crippen molar-refractivity contribution in [1.29, 1.82) is 0 Å². The van der Waals surface area contributed by atoms with Gasteiger partial charge in [-0.1, -0.05) is 23.9 Å². The van der Waals surface area contributed by atoms with Crippen molar-refractivity contribution < 1.29 is 18.3 Å². The number of benzene rings is 1. The van der Waals surface area contributed by atoms with E-state index in [1.807, 2.05) is 0 Å². The van der Waals surface area contributed by atoms with E-state index < -0.39 is 11.8 Å². The van der Waals surface area contributed by atoms with Gasteiger partial charge >= 0.3 is 5.97 Å². The lowest BCUT2D eigenvalue weighted by Gasteiger charge is -1.96. The molecule has 18 heavy (non-hydrogen) atoms. The predicted octanol–water partition coefficient (Wildman–Crippen LogP) is 2.14. The van der Waals surface area contributed by atoms with Crippen LogP contribution in [0.4, 0.5) is 4.39 Å². The number of rotatable bonds is 4. The molecule has 0 amide bonds. The van der Waals surface area contributed by atoms with Gasteiger partial charge in [-0.3, -0.25) is 4.79 Å². The van der Waals surface area contributed by atoms with Crippen molar-refractivity contribution in [2.75, 3.05) is 12.9 Å². The van der Waals surface area contributed by atoms with Crippen molar-refractivity contribution in [2.45, 2.75) is 5.22 Å². The van der Waals surface area contributed by atoms with Gasteiger partial charge in [0.15, 0.2) is 0 Å². The van der Waals surface area contributed by atoms with E-state index in [1.165, 1.54) is 19.2 Å². The Bertz CT molecular complexity index is 559. The fourth-order valence-corrected chi connectivity index (χ4v) is 1.79.